The number of halogens is 1. The maximum atomic E-state index is 13.3. The molecule has 0 spiro atoms. The van der Waals surface area contributed by atoms with E-state index in [0.717, 1.165) is 18.7 Å². The number of hydrogen-bond donors (Lipinski definition) is 2. The maximum absolute atomic E-state index is 13.3. The van der Waals surface area contributed by atoms with Gasteiger partial charge in [-0.3, -0.25) is 4.90 Å². The van der Waals surface area contributed by atoms with Crippen molar-refractivity contribution >= 4 is 11.9 Å². The molecule has 3 aromatic rings. The van der Waals surface area contributed by atoms with E-state index in [1.54, 1.807) is 0 Å². The van der Waals surface area contributed by atoms with Crippen molar-refractivity contribution in [2.75, 3.05) is 13.1 Å². The fourth-order valence-corrected chi connectivity index (χ4v) is 5.35. The van der Waals surface area contributed by atoms with Crippen molar-refractivity contribution in [1.82, 2.24) is 4.90 Å². The Kier molecular flexibility index (Phi) is 8.46. The van der Waals surface area contributed by atoms with Gasteiger partial charge in [0.25, 0.3) is 0 Å². The highest BCUT2D eigenvalue weighted by Crippen LogP contribution is 2.43. The molecule has 7 heteroatoms. The van der Waals surface area contributed by atoms with Crippen LogP contribution in [0.3, 0.4) is 0 Å². The number of nitrogens with zero attached hydrogens (tertiary/aromatic N) is 1. The summed E-state index contributed by atoms with van der Waals surface area (Å²) >= 11 is 0. The summed E-state index contributed by atoms with van der Waals surface area (Å²) in [4.78, 5) is 20.8. The SMILES string of the molecule is Fc1ccc(COC2C3CCN(CC3)C2C(c2ccccc2)c2ccccc2)cc1.O=C(O)C(=O)O. The van der Waals surface area contributed by atoms with E-state index in [1.807, 2.05) is 12.1 Å². The fourth-order valence-electron chi connectivity index (χ4n) is 5.35. The number of fused-ring (bicyclic) bond motifs is 3. The number of aliphatic carboxylic acids is 2. The lowest BCUT2D eigenvalue weighted by Crippen LogP contribution is -2.60. The van der Waals surface area contributed by atoms with Crippen LogP contribution in [0.4, 0.5) is 4.39 Å². The second-order valence-corrected chi connectivity index (χ2v) is 9.18. The molecular formula is C29H30FNO5. The Balaban J connectivity index is 0.000000455. The number of benzene rings is 3. The first-order chi connectivity index (χ1) is 17.4. The van der Waals surface area contributed by atoms with Crippen LogP contribution in [0, 0.1) is 11.7 Å². The second-order valence-electron chi connectivity index (χ2n) is 9.18. The van der Waals surface area contributed by atoms with E-state index in [-0.39, 0.29) is 17.8 Å². The highest BCUT2D eigenvalue weighted by Gasteiger charge is 2.47. The number of hydrogen-bond acceptors (Lipinski definition) is 4. The van der Waals surface area contributed by atoms with E-state index in [0.29, 0.717) is 18.6 Å². The van der Waals surface area contributed by atoms with Crippen molar-refractivity contribution in [2.24, 2.45) is 5.92 Å². The van der Waals surface area contributed by atoms with Crippen molar-refractivity contribution < 1.29 is 28.9 Å². The van der Waals surface area contributed by atoms with Gasteiger partial charge in [0.1, 0.15) is 5.82 Å². The molecule has 36 heavy (non-hydrogen) atoms. The van der Waals surface area contributed by atoms with Crippen LogP contribution in [0.2, 0.25) is 0 Å². The van der Waals surface area contributed by atoms with Gasteiger partial charge in [-0.05, 0) is 60.7 Å². The first kappa shape index (κ1) is 25.5. The van der Waals surface area contributed by atoms with Gasteiger partial charge in [-0.1, -0.05) is 72.8 Å². The van der Waals surface area contributed by atoms with Gasteiger partial charge in [-0.2, -0.15) is 0 Å². The molecule has 0 radical (unpaired) electrons. The molecule has 2 bridgehead atoms. The molecular weight excluding hydrogens is 461 g/mol. The molecule has 2 unspecified atom stereocenters. The van der Waals surface area contributed by atoms with Crippen molar-refractivity contribution in [1.29, 1.82) is 0 Å². The lowest BCUT2D eigenvalue weighted by Gasteiger charge is -2.53. The van der Waals surface area contributed by atoms with Crippen LogP contribution in [0.25, 0.3) is 0 Å². The third kappa shape index (κ3) is 6.17. The van der Waals surface area contributed by atoms with Gasteiger partial charge in [0.15, 0.2) is 0 Å². The summed E-state index contributed by atoms with van der Waals surface area (Å²) in [5.74, 6) is -3.00. The zero-order chi connectivity index (χ0) is 25.5. The van der Waals surface area contributed by atoms with E-state index in [4.69, 9.17) is 24.5 Å². The first-order valence-corrected chi connectivity index (χ1v) is 12.1. The minimum atomic E-state index is -1.82. The molecule has 188 valence electrons. The Morgan fingerprint density at radius 2 is 1.33 bits per heavy atom. The van der Waals surface area contributed by atoms with Gasteiger partial charge in [-0.25, -0.2) is 14.0 Å². The molecule has 0 aliphatic carbocycles. The minimum absolute atomic E-state index is 0.169. The number of carbonyl (C=O) groups is 2. The van der Waals surface area contributed by atoms with Crippen molar-refractivity contribution in [3.63, 3.8) is 0 Å². The molecule has 0 amide bonds. The third-order valence-electron chi connectivity index (χ3n) is 6.99. The quantitative estimate of drug-likeness (QED) is 0.482. The van der Waals surface area contributed by atoms with Gasteiger partial charge in [-0.15, -0.1) is 0 Å². The summed E-state index contributed by atoms with van der Waals surface area (Å²) in [5, 5.41) is 14.8. The zero-order valence-corrected chi connectivity index (χ0v) is 19.9. The van der Waals surface area contributed by atoms with Crippen LogP contribution in [0.15, 0.2) is 84.9 Å². The van der Waals surface area contributed by atoms with Crippen LogP contribution in [-0.4, -0.2) is 52.3 Å². The number of piperidine rings is 3. The zero-order valence-electron chi connectivity index (χ0n) is 19.9. The number of ether oxygens (including phenoxy) is 1. The minimum Gasteiger partial charge on any atom is -0.473 e. The van der Waals surface area contributed by atoms with Crippen molar-refractivity contribution in [3.8, 4) is 0 Å². The highest BCUT2D eigenvalue weighted by atomic mass is 19.1. The average Bonchev–Trinajstić information content (AvgIpc) is 2.91. The Labute approximate surface area is 210 Å². The Bertz CT molecular complexity index is 1080. The maximum Gasteiger partial charge on any atom is 0.414 e. The molecule has 3 aliphatic rings. The number of carboxylic acid groups (broad SMARTS) is 2. The van der Waals surface area contributed by atoms with Crippen LogP contribution < -0.4 is 0 Å². The summed E-state index contributed by atoms with van der Waals surface area (Å²) < 4.78 is 19.9. The average molecular weight is 492 g/mol. The Hall–Kier alpha value is -3.55. The summed E-state index contributed by atoms with van der Waals surface area (Å²) in [6.07, 6.45) is 2.56. The molecule has 2 N–H and O–H groups in total. The van der Waals surface area contributed by atoms with Crippen LogP contribution in [0.5, 0.6) is 0 Å². The molecule has 3 aromatic carbocycles. The predicted molar refractivity (Wildman–Crippen MR) is 133 cm³/mol. The molecule has 3 fully saturated rings. The lowest BCUT2D eigenvalue weighted by atomic mass is 9.72. The summed E-state index contributed by atoms with van der Waals surface area (Å²) in [7, 11) is 0. The molecule has 3 heterocycles. The molecule has 3 saturated heterocycles. The third-order valence-corrected chi connectivity index (χ3v) is 6.99. The van der Waals surface area contributed by atoms with E-state index >= 15 is 0 Å². The van der Waals surface area contributed by atoms with E-state index in [9.17, 15) is 4.39 Å². The summed E-state index contributed by atoms with van der Waals surface area (Å²) in [6.45, 7) is 2.81. The van der Waals surface area contributed by atoms with E-state index in [2.05, 4.69) is 65.6 Å². The Morgan fingerprint density at radius 1 is 0.833 bits per heavy atom. The van der Waals surface area contributed by atoms with Crippen LogP contribution in [-0.2, 0) is 20.9 Å². The van der Waals surface area contributed by atoms with Gasteiger partial charge >= 0.3 is 11.9 Å². The molecule has 6 nitrogen and oxygen atoms in total. The second kappa shape index (κ2) is 11.9. The number of carboxylic acids is 2. The van der Waals surface area contributed by atoms with Gasteiger partial charge in [0, 0.05) is 12.0 Å². The van der Waals surface area contributed by atoms with Crippen LogP contribution in [0.1, 0.15) is 35.4 Å². The van der Waals surface area contributed by atoms with Crippen molar-refractivity contribution in [3.05, 3.63) is 107 Å². The topological polar surface area (TPSA) is 87.1 Å². The van der Waals surface area contributed by atoms with Gasteiger partial charge in [0.2, 0.25) is 0 Å². The van der Waals surface area contributed by atoms with Gasteiger partial charge in [0.05, 0.1) is 12.7 Å². The summed E-state index contributed by atoms with van der Waals surface area (Å²) in [5.41, 5.74) is 3.72. The first-order valence-electron chi connectivity index (χ1n) is 12.1. The smallest absolute Gasteiger partial charge is 0.414 e. The highest BCUT2D eigenvalue weighted by molar-refractivity contribution is 6.27. The standard InChI is InChI=1S/C27H28FNO.C2H2O4/c28-24-13-11-20(12-14-24)19-30-27-23-15-17-29(18-16-23)26(27)25(21-7-3-1-4-8-21)22-9-5-2-6-10-22;3-1(4)2(5)6/h1-14,23,25-27H,15-19H2;(H,3,4)(H,5,6). The molecule has 0 aromatic heterocycles. The lowest BCUT2D eigenvalue weighted by molar-refractivity contribution is -0.159. The molecule has 2 atom stereocenters. The number of rotatable bonds is 6. The normalized spacial score (nSPS) is 22.5. The van der Waals surface area contributed by atoms with E-state index < -0.39 is 11.9 Å². The fraction of sp³-hybridized carbons (Fsp3) is 0.310. The van der Waals surface area contributed by atoms with Gasteiger partial charge < -0.3 is 14.9 Å². The largest absolute Gasteiger partial charge is 0.473 e. The van der Waals surface area contributed by atoms with Crippen LogP contribution >= 0.6 is 0 Å². The predicted octanol–water partition coefficient (Wildman–Crippen LogP) is 4.79. The van der Waals surface area contributed by atoms with Crippen molar-refractivity contribution in [2.45, 2.75) is 37.5 Å². The molecule has 3 aliphatic heterocycles. The van der Waals surface area contributed by atoms with E-state index in [1.165, 1.54) is 36.1 Å². The Morgan fingerprint density at radius 3 is 1.81 bits per heavy atom. The molecule has 0 saturated carbocycles. The summed E-state index contributed by atoms with van der Waals surface area (Å²) in [6, 6.07) is 28.7. The monoisotopic (exact) mass is 491 g/mol. The molecule has 6 rings (SSSR count).